The van der Waals surface area contributed by atoms with Crippen LogP contribution in [0.4, 0.5) is 0 Å². The smallest absolute Gasteiger partial charge is 0.220 e. The van der Waals surface area contributed by atoms with E-state index in [1.165, 1.54) is 16.3 Å². The molecule has 0 aromatic heterocycles. The van der Waals surface area contributed by atoms with Crippen molar-refractivity contribution in [1.29, 1.82) is 0 Å². The molecular formula is C21H26N2O2. The Balaban J connectivity index is 1.75. The molecule has 1 fully saturated rings. The molecule has 0 radical (unpaired) electrons. The number of fused-ring (bicyclic) bond motifs is 1. The van der Waals surface area contributed by atoms with E-state index < -0.39 is 0 Å². The lowest BCUT2D eigenvalue weighted by atomic mass is 9.84. The second-order valence-electron chi connectivity index (χ2n) is 7.41. The van der Waals surface area contributed by atoms with Crippen molar-refractivity contribution < 1.29 is 9.59 Å². The Morgan fingerprint density at radius 3 is 2.64 bits per heavy atom. The minimum Gasteiger partial charge on any atom is -0.354 e. The van der Waals surface area contributed by atoms with Gasteiger partial charge in [-0.2, -0.15) is 0 Å². The zero-order valence-electron chi connectivity index (χ0n) is 15.0. The molecule has 2 amide bonds. The van der Waals surface area contributed by atoms with Crippen LogP contribution in [-0.2, 0) is 16.0 Å². The number of amides is 2. The average molecular weight is 338 g/mol. The van der Waals surface area contributed by atoms with Crippen LogP contribution in [0.2, 0.25) is 0 Å². The van der Waals surface area contributed by atoms with Crippen molar-refractivity contribution in [1.82, 2.24) is 10.6 Å². The maximum atomic E-state index is 12.0. The molecule has 2 aromatic carbocycles. The van der Waals surface area contributed by atoms with Crippen LogP contribution in [0.1, 0.15) is 45.1 Å². The molecule has 0 saturated carbocycles. The van der Waals surface area contributed by atoms with Crippen LogP contribution in [-0.4, -0.2) is 23.4 Å². The zero-order chi connectivity index (χ0) is 17.9. The monoisotopic (exact) mass is 338 g/mol. The highest BCUT2D eigenvalue weighted by atomic mass is 16.2. The van der Waals surface area contributed by atoms with Gasteiger partial charge >= 0.3 is 0 Å². The average Bonchev–Trinajstić information content (AvgIpc) is 2.93. The van der Waals surface area contributed by atoms with E-state index in [0.717, 1.165) is 12.8 Å². The molecule has 1 saturated heterocycles. The number of carbonyl (C=O) groups excluding carboxylic acids is 2. The quantitative estimate of drug-likeness (QED) is 0.849. The van der Waals surface area contributed by atoms with Crippen molar-refractivity contribution in [3.63, 3.8) is 0 Å². The standard InChI is InChI=1S/C21H26N2O2/c1-15(2)22-19(24)9-11-21(12-10-20(25)23-21)14-16-7-8-17-5-3-4-6-18(17)13-16/h3-8,13,15H,9-12,14H2,1-2H3,(H,22,24)(H,23,25)/t21-/m0/s1. The molecule has 132 valence electrons. The molecule has 25 heavy (non-hydrogen) atoms. The topological polar surface area (TPSA) is 58.2 Å². The Morgan fingerprint density at radius 2 is 1.96 bits per heavy atom. The third-order valence-corrected chi connectivity index (χ3v) is 4.87. The third-order valence-electron chi connectivity index (χ3n) is 4.87. The molecule has 2 N–H and O–H groups in total. The van der Waals surface area contributed by atoms with Crippen molar-refractivity contribution in [2.24, 2.45) is 0 Å². The molecule has 1 atom stereocenters. The fourth-order valence-corrected chi connectivity index (χ4v) is 3.67. The molecule has 1 heterocycles. The molecule has 3 rings (SSSR count). The highest BCUT2D eigenvalue weighted by Gasteiger charge is 2.37. The van der Waals surface area contributed by atoms with Gasteiger partial charge in [0.25, 0.3) is 0 Å². The van der Waals surface area contributed by atoms with Crippen molar-refractivity contribution >= 4 is 22.6 Å². The molecule has 0 bridgehead atoms. The van der Waals surface area contributed by atoms with Crippen molar-refractivity contribution in [3.8, 4) is 0 Å². The van der Waals surface area contributed by atoms with Crippen LogP contribution >= 0.6 is 0 Å². The van der Waals surface area contributed by atoms with E-state index in [1.54, 1.807) is 0 Å². The first-order valence-corrected chi connectivity index (χ1v) is 9.04. The minimum absolute atomic E-state index is 0.0500. The van der Waals surface area contributed by atoms with Crippen LogP contribution in [0, 0.1) is 0 Å². The fraction of sp³-hybridized carbons (Fsp3) is 0.429. The summed E-state index contributed by atoms with van der Waals surface area (Å²) in [5.41, 5.74) is 0.888. The lowest BCUT2D eigenvalue weighted by Crippen LogP contribution is -2.45. The predicted octanol–water partition coefficient (Wildman–Crippen LogP) is 3.34. The minimum atomic E-state index is -0.312. The first kappa shape index (κ1) is 17.5. The summed E-state index contributed by atoms with van der Waals surface area (Å²) >= 11 is 0. The van der Waals surface area contributed by atoms with Gasteiger partial charge in [-0.15, -0.1) is 0 Å². The number of nitrogens with one attached hydrogen (secondary N) is 2. The lowest BCUT2D eigenvalue weighted by molar-refractivity contribution is -0.123. The molecule has 1 aliphatic heterocycles. The molecule has 2 aromatic rings. The Kier molecular flexibility index (Phi) is 5.07. The van der Waals surface area contributed by atoms with Crippen molar-refractivity contribution in [3.05, 3.63) is 48.0 Å². The molecule has 4 heteroatoms. The third kappa shape index (κ3) is 4.38. The van der Waals surface area contributed by atoms with Crippen molar-refractivity contribution in [2.75, 3.05) is 0 Å². The van der Waals surface area contributed by atoms with E-state index in [9.17, 15) is 9.59 Å². The first-order chi connectivity index (χ1) is 12.0. The van der Waals surface area contributed by atoms with E-state index in [0.29, 0.717) is 19.3 Å². The van der Waals surface area contributed by atoms with Crippen LogP contribution in [0.25, 0.3) is 10.8 Å². The summed E-state index contributed by atoms with van der Waals surface area (Å²) < 4.78 is 0. The molecule has 0 aliphatic carbocycles. The van der Waals surface area contributed by atoms with Crippen LogP contribution in [0.15, 0.2) is 42.5 Å². The Hall–Kier alpha value is -2.36. The molecule has 1 aliphatic rings. The lowest BCUT2D eigenvalue weighted by Gasteiger charge is -2.29. The summed E-state index contributed by atoms with van der Waals surface area (Å²) in [7, 11) is 0. The SMILES string of the molecule is CC(C)NC(=O)CC[C@@]1(Cc2ccc3ccccc3c2)CCC(=O)N1. The van der Waals surface area contributed by atoms with Gasteiger partial charge in [-0.05, 0) is 49.4 Å². The maximum Gasteiger partial charge on any atom is 0.220 e. The second kappa shape index (κ2) is 7.26. The number of benzene rings is 2. The molecular weight excluding hydrogens is 312 g/mol. The summed E-state index contributed by atoms with van der Waals surface area (Å²) in [6.45, 7) is 3.92. The zero-order valence-corrected chi connectivity index (χ0v) is 15.0. The summed E-state index contributed by atoms with van der Waals surface area (Å²) in [4.78, 5) is 23.9. The van der Waals surface area contributed by atoms with Gasteiger partial charge in [-0.25, -0.2) is 0 Å². The summed E-state index contributed by atoms with van der Waals surface area (Å²) in [6, 6.07) is 14.9. The van der Waals surface area contributed by atoms with E-state index >= 15 is 0 Å². The van der Waals surface area contributed by atoms with E-state index in [2.05, 4.69) is 41.0 Å². The normalized spacial score (nSPS) is 20.0. The summed E-state index contributed by atoms with van der Waals surface area (Å²) in [5.74, 6) is 0.138. The first-order valence-electron chi connectivity index (χ1n) is 9.04. The van der Waals surface area contributed by atoms with Gasteiger partial charge < -0.3 is 10.6 Å². The maximum absolute atomic E-state index is 12.0. The molecule has 0 unspecified atom stereocenters. The molecule has 0 spiro atoms. The van der Waals surface area contributed by atoms with Crippen LogP contribution in [0.5, 0.6) is 0 Å². The van der Waals surface area contributed by atoms with E-state index in [1.807, 2.05) is 26.0 Å². The number of hydrogen-bond donors (Lipinski definition) is 2. The van der Waals surface area contributed by atoms with Crippen LogP contribution in [0.3, 0.4) is 0 Å². The number of carbonyl (C=O) groups is 2. The van der Waals surface area contributed by atoms with Gasteiger partial charge in [0.1, 0.15) is 0 Å². The van der Waals surface area contributed by atoms with Gasteiger partial charge in [-0.3, -0.25) is 9.59 Å². The largest absolute Gasteiger partial charge is 0.354 e. The van der Waals surface area contributed by atoms with Crippen molar-refractivity contribution in [2.45, 2.75) is 57.5 Å². The Labute approximate surface area is 149 Å². The van der Waals surface area contributed by atoms with Crippen LogP contribution < -0.4 is 10.6 Å². The van der Waals surface area contributed by atoms with Gasteiger partial charge in [0.15, 0.2) is 0 Å². The summed E-state index contributed by atoms with van der Waals surface area (Å²) in [6.07, 6.45) is 3.20. The van der Waals surface area contributed by atoms with Gasteiger partial charge in [-0.1, -0.05) is 42.5 Å². The summed E-state index contributed by atoms with van der Waals surface area (Å²) in [5, 5.41) is 8.51. The van der Waals surface area contributed by atoms with Gasteiger partial charge in [0, 0.05) is 24.4 Å². The van der Waals surface area contributed by atoms with Gasteiger partial charge in [0.2, 0.25) is 11.8 Å². The Morgan fingerprint density at radius 1 is 1.20 bits per heavy atom. The highest BCUT2D eigenvalue weighted by Crippen LogP contribution is 2.30. The second-order valence-corrected chi connectivity index (χ2v) is 7.41. The van der Waals surface area contributed by atoms with Gasteiger partial charge in [0.05, 0.1) is 0 Å². The number of hydrogen-bond acceptors (Lipinski definition) is 2. The number of rotatable bonds is 6. The van der Waals surface area contributed by atoms with E-state index in [4.69, 9.17) is 0 Å². The van der Waals surface area contributed by atoms with E-state index in [-0.39, 0.29) is 23.4 Å². The fourth-order valence-electron chi connectivity index (χ4n) is 3.67. The highest BCUT2D eigenvalue weighted by molar-refractivity contribution is 5.83. The molecule has 4 nitrogen and oxygen atoms in total. The Bertz CT molecular complexity index is 784. The predicted molar refractivity (Wildman–Crippen MR) is 100 cm³/mol.